The molecule has 0 saturated heterocycles. The van der Waals surface area contributed by atoms with E-state index < -0.39 is 0 Å². The van der Waals surface area contributed by atoms with Crippen molar-refractivity contribution < 1.29 is 0 Å². The summed E-state index contributed by atoms with van der Waals surface area (Å²) < 4.78 is 0. The van der Waals surface area contributed by atoms with Crippen molar-refractivity contribution in [2.75, 3.05) is 6.54 Å². The van der Waals surface area contributed by atoms with Gasteiger partial charge in [0.15, 0.2) is 0 Å². The second-order valence-electron chi connectivity index (χ2n) is 2.77. The second kappa shape index (κ2) is 5.33. The summed E-state index contributed by atoms with van der Waals surface area (Å²) in [4.78, 5) is 0. The number of hydrogen-bond donors (Lipinski definition) is 1. The quantitative estimate of drug-likeness (QED) is 0.747. The van der Waals surface area contributed by atoms with Gasteiger partial charge in [-0.25, -0.2) is 0 Å². The van der Waals surface area contributed by atoms with Crippen LogP contribution in [0.4, 0.5) is 0 Å². The molecule has 1 aromatic rings. The molecule has 1 aromatic carbocycles. The number of allylic oxidation sites excluding steroid dienone is 1. The van der Waals surface area contributed by atoms with Crippen LogP contribution in [-0.2, 0) is 0 Å². The summed E-state index contributed by atoms with van der Waals surface area (Å²) in [5.41, 5.74) is 7.84. The second-order valence-corrected chi connectivity index (χ2v) is 2.77. The predicted molar refractivity (Wildman–Crippen MR) is 59.2 cm³/mol. The van der Waals surface area contributed by atoms with Crippen molar-refractivity contribution in [2.24, 2.45) is 5.73 Å². The van der Waals surface area contributed by atoms with Crippen LogP contribution in [0.15, 0.2) is 36.4 Å². The molecule has 0 spiro atoms. The molecular weight excluding hydrogens is 158 g/mol. The molecular formula is C12H15N. The minimum Gasteiger partial charge on any atom is -0.327 e. The smallest absolute Gasteiger partial charge is 0.0110 e. The highest BCUT2D eigenvalue weighted by Crippen LogP contribution is 2.12. The Balaban J connectivity index is 2.97. The molecule has 0 atom stereocenters. The molecule has 2 N–H and O–H groups in total. The lowest BCUT2D eigenvalue weighted by molar-refractivity contribution is 1.26. The van der Waals surface area contributed by atoms with Crippen molar-refractivity contribution in [2.45, 2.75) is 6.92 Å². The topological polar surface area (TPSA) is 26.0 Å². The molecule has 0 radical (unpaired) electrons. The van der Waals surface area contributed by atoms with Gasteiger partial charge in [-0.3, -0.25) is 0 Å². The van der Waals surface area contributed by atoms with E-state index in [1.165, 1.54) is 11.1 Å². The highest BCUT2D eigenvalue weighted by molar-refractivity contribution is 5.64. The summed E-state index contributed by atoms with van der Waals surface area (Å²) >= 11 is 0. The lowest BCUT2D eigenvalue weighted by Gasteiger charge is -1.99. The molecule has 1 heteroatoms. The summed E-state index contributed by atoms with van der Waals surface area (Å²) in [5.74, 6) is 0. The highest BCUT2D eigenvalue weighted by atomic mass is 14.5. The monoisotopic (exact) mass is 173 g/mol. The average Bonchev–Trinajstić information content (AvgIpc) is 2.17. The number of hydrogen-bond acceptors (Lipinski definition) is 1. The van der Waals surface area contributed by atoms with E-state index in [1.54, 1.807) is 0 Å². The minimum absolute atomic E-state index is 0.587. The van der Waals surface area contributed by atoms with Crippen LogP contribution in [0.2, 0.25) is 0 Å². The molecule has 1 rings (SSSR count). The van der Waals surface area contributed by atoms with Gasteiger partial charge >= 0.3 is 0 Å². The van der Waals surface area contributed by atoms with E-state index in [2.05, 4.69) is 24.3 Å². The van der Waals surface area contributed by atoms with Crippen molar-refractivity contribution in [1.82, 2.24) is 0 Å². The third-order valence-corrected chi connectivity index (χ3v) is 1.78. The Morgan fingerprint density at radius 3 is 2.31 bits per heavy atom. The van der Waals surface area contributed by atoms with Gasteiger partial charge in [0.2, 0.25) is 0 Å². The van der Waals surface area contributed by atoms with Crippen LogP contribution in [-0.4, -0.2) is 6.54 Å². The van der Waals surface area contributed by atoms with Crippen LogP contribution in [0.1, 0.15) is 18.1 Å². The first kappa shape index (κ1) is 9.75. The van der Waals surface area contributed by atoms with E-state index in [-0.39, 0.29) is 0 Å². The molecule has 13 heavy (non-hydrogen) atoms. The van der Waals surface area contributed by atoms with Crippen molar-refractivity contribution in [1.29, 1.82) is 0 Å². The van der Waals surface area contributed by atoms with Gasteiger partial charge in [0, 0.05) is 6.54 Å². The maximum Gasteiger partial charge on any atom is 0.0110 e. The average molecular weight is 173 g/mol. The molecule has 1 nitrogen and oxygen atoms in total. The first-order valence-electron chi connectivity index (χ1n) is 4.47. The van der Waals surface area contributed by atoms with E-state index in [0.717, 1.165) is 0 Å². The van der Waals surface area contributed by atoms with Gasteiger partial charge in [-0.1, -0.05) is 48.6 Å². The van der Waals surface area contributed by atoms with Gasteiger partial charge < -0.3 is 5.73 Å². The largest absolute Gasteiger partial charge is 0.327 e. The van der Waals surface area contributed by atoms with Gasteiger partial charge in [0.25, 0.3) is 0 Å². The Labute approximate surface area is 79.6 Å². The Morgan fingerprint density at radius 2 is 1.77 bits per heavy atom. The molecule has 0 fully saturated rings. The van der Waals surface area contributed by atoms with Crippen molar-refractivity contribution in [3.8, 4) is 0 Å². The maximum absolute atomic E-state index is 5.40. The summed E-state index contributed by atoms with van der Waals surface area (Å²) in [5, 5.41) is 0. The Hall–Kier alpha value is -1.34. The molecule has 0 bridgehead atoms. The maximum atomic E-state index is 5.40. The first-order valence-corrected chi connectivity index (χ1v) is 4.47. The summed E-state index contributed by atoms with van der Waals surface area (Å²) in [6.45, 7) is 2.60. The lowest BCUT2D eigenvalue weighted by Crippen LogP contribution is -1.92. The SMILES string of the molecule is C/C=C\c1ccccc1/C=C\CN. The van der Waals surface area contributed by atoms with E-state index in [9.17, 15) is 0 Å². The van der Waals surface area contributed by atoms with Crippen LogP contribution in [0.25, 0.3) is 12.2 Å². The van der Waals surface area contributed by atoms with Gasteiger partial charge in [-0.05, 0) is 18.1 Å². The fraction of sp³-hybridized carbons (Fsp3) is 0.167. The van der Waals surface area contributed by atoms with Crippen LogP contribution in [0.3, 0.4) is 0 Å². The van der Waals surface area contributed by atoms with E-state index >= 15 is 0 Å². The van der Waals surface area contributed by atoms with Gasteiger partial charge in [-0.2, -0.15) is 0 Å². The third kappa shape index (κ3) is 2.88. The fourth-order valence-corrected chi connectivity index (χ4v) is 1.19. The Kier molecular flexibility index (Phi) is 4.00. The number of rotatable bonds is 3. The zero-order valence-corrected chi connectivity index (χ0v) is 7.90. The standard InChI is InChI=1S/C12H15N/c1-2-6-11-7-3-4-8-12(11)9-5-10-13/h2-9H,10,13H2,1H3/b6-2-,9-5-. The number of benzene rings is 1. The lowest BCUT2D eigenvalue weighted by atomic mass is 10.1. The molecule has 68 valence electrons. The van der Waals surface area contributed by atoms with Crippen molar-refractivity contribution >= 4 is 12.2 Å². The predicted octanol–water partition coefficient (Wildman–Crippen LogP) is 2.69. The van der Waals surface area contributed by atoms with Crippen molar-refractivity contribution in [3.63, 3.8) is 0 Å². The Morgan fingerprint density at radius 1 is 1.15 bits per heavy atom. The van der Waals surface area contributed by atoms with Gasteiger partial charge in [0.1, 0.15) is 0 Å². The molecule has 0 saturated carbocycles. The molecule has 0 heterocycles. The van der Waals surface area contributed by atoms with E-state index in [4.69, 9.17) is 5.73 Å². The molecule has 0 aliphatic carbocycles. The van der Waals surface area contributed by atoms with Crippen LogP contribution >= 0.6 is 0 Å². The van der Waals surface area contributed by atoms with Crippen LogP contribution in [0.5, 0.6) is 0 Å². The summed E-state index contributed by atoms with van der Waals surface area (Å²) in [7, 11) is 0. The Bertz CT molecular complexity index is 311. The first-order chi connectivity index (χ1) is 6.38. The molecule has 0 unspecified atom stereocenters. The van der Waals surface area contributed by atoms with Crippen LogP contribution in [0, 0.1) is 0 Å². The fourth-order valence-electron chi connectivity index (χ4n) is 1.19. The third-order valence-electron chi connectivity index (χ3n) is 1.78. The number of nitrogens with two attached hydrogens (primary N) is 1. The van der Waals surface area contributed by atoms with Crippen LogP contribution < -0.4 is 5.73 Å². The van der Waals surface area contributed by atoms with Gasteiger partial charge in [0.05, 0.1) is 0 Å². The molecule has 0 aliphatic rings. The van der Waals surface area contributed by atoms with E-state index in [0.29, 0.717) is 6.54 Å². The van der Waals surface area contributed by atoms with Gasteiger partial charge in [-0.15, -0.1) is 0 Å². The normalized spacial score (nSPS) is 11.5. The zero-order chi connectivity index (χ0) is 9.52. The minimum atomic E-state index is 0.587. The highest BCUT2D eigenvalue weighted by Gasteiger charge is 1.91. The molecule has 0 amide bonds. The molecule has 0 aromatic heterocycles. The van der Waals surface area contributed by atoms with E-state index in [1.807, 2.05) is 31.2 Å². The molecule has 0 aliphatic heterocycles. The summed E-state index contributed by atoms with van der Waals surface area (Å²) in [6.07, 6.45) is 8.14. The summed E-state index contributed by atoms with van der Waals surface area (Å²) in [6, 6.07) is 8.25. The zero-order valence-electron chi connectivity index (χ0n) is 7.90. The van der Waals surface area contributed by atoms with Crippen molar-refractivity contribution in [3.05, 3.63) is 47.5 Å².